The van der Waals surface area contributed by atoms with Gasteiger partial charge in [-0.1, -0.05) is 0 Å². The molecule has 72 valence electrons. The quantitative estimate of drug-likeness (QED) is 0.789. The summed E-state index contributed by atoms with van der Waals surface area (Å²) in [5.41, 5.74) is 6.79. The molecule has 14 heavy (non-hydrogen) atoms. The molecule has 0 bridgehead atoms. The minimum absolute atomic E-state index is 0.362. The van der Waals surface area contributed by atoms with Crippen LogP contribution in [-0.4, -0.2) is 4.37 Å². The third-order valence-electron chi connectivity index (χ3n) is 1.73. The third kappa shape index (κ3) is 1.58. The van der Waals surface area contributed by atoms with Gasteiger partial charge in [0.05, 0.1) is 5.69 Å². The van der Waals surface area contributed by atoms with E-state index >= 15 is 0 Å². The normalized spacial score (nSPS) is 10.4. The molecule has 1 aromatic carbocycles. The van der Waals surface area contributed by atoms with Gasteiger partial charge in [0.1, 0.15) is 17.3 Å². The lowest BCUT2D eigenvalue weighted by atomic mass is 10.1. The Morgan fingerprint density at radius 2 is 1.79 bits per heavy atom. The molecule has 0 radical (unpaired) electrons. The smallest absolute Gasteiger partial charge is 0.126 e. The van der Waals surface area contributed by atoms with Crippen molar-refractivity contribution >= 4 is 17.2 Å². The first-order valence-corrected chi connectivity index (χ1v) is 4.67. The second kappa shape index (κ2) is 3.34. The molecule has 0 atom stereocenters. The fourth-order valence-corrected chi connectivity index (χ4v) is 1.75. The van der Waals surface area contributed by atoms with Gasteiger partial charge in [0, 0.05) is 17.0 Å². The summed E-state index contributed by atoms with van der Waals surface area (Å²) in [5.74, 6) is -1.26. The van der Waals surface area contributed by atoms with Gasteiger partial charge >= 0.3 is 0 Å². The monoisotopic (exact) mass is 212 g/mol. The van der Waals surface area contributed by atoms with Gasteiger partial charge < -0.3 is 5.73 Å². The summed E-state index contributed by atoms with van der Waals surface area (Å²) in [6, 6.07) is 3.22. The van der Waals surface area contributed by atoms with Gasteiger partial charge in [0.25, 0.3) is 0 Å². The third-order valence-corrected chi connectivity index (χ3v) is 2.38. The van der Waals surface area contributed by atoms with Crippen LogP contribution in [-0.2, 0) is 0 Å². The minimum Gasteiger partial charge on any atom is -0.396 e. The van der Waals surface area contributed by atoms with Crippen LogP contribution in [0.5, 0.6) is 0 Å². The maximum atomic E-state index is 12.8. The molecule has 1 aromatic heterocycles. The zero-order valence-electron chi connectivity index (χ0n) is 7.00. The van der Waals surface area contributed by atoms with Crippen molar-refractivity contribution in [2.24, 2.45) is 0 Å². The highest BCUT2D eigenvalue weighted by molar-refractivity contribution is 7.04. The molecule has 5 heteroatoms. The standard InChI is InChI=1S/C9H6F2N2S/c10-6-1-5(2-7(11)3-6)9-8(12)4-14-13-9/h1-4H,12H2. The van der Waals surface area contributed by atoms with E-state index in [1.807, 2.05) is 0 Å². The van der Waals surface area contributed by atoms with Crippen molar-refractivity contribution in [1.82, 2.24) is 4.37 Å². The fourth-order valence-electron chi connectivity index (χ4n) is 1.15. The van der Waals surface area contributed by atoms with Gasteiger partial charge in [-0.25, -0.2) is 8.78 Å². The lowest BCUT2D eigenvalue weighted by Crippen LogP contribution is -1.88. The van der Waals surface area contributed by atoms with E-state index < -0.39 is 11.6 Å². The van der Waals surface area contributed by atoms with Crippen LogP contribution < -0.4 is 5.73 Å². The molecule has 0 saturated heterocycles. The summed E-state index contributed by atoms with van der Waals surface area (Å²) < 4.78 is 29.6. The van der Waals surface area contributed by atoms with Crippen LogP contribution in [0.25, 0.3) is 11.3 Å². The molecule has 0 aliphatic carbocycles. The van der Waals surface area contributed by atoms with Crippen LogP contribution in [0.1, 0.15) is 0 Å². The van der Waals surface area contributed by atoms with E-state index in [2.05, 4.69) is 4.37 Å². The van der Waals surface area contributed by atoms with E-state index in [1.165, 1.54) is 12.1 Å². The van der Waals surface area contributed by atoms with Gasteiger partial charge in [0.15, 0.2) is 0 Å². The highest BCUT2D eigenvalue weighted by Gasteiger charge is 2.08. The van der Waals surface area contributed by atoms with Gasteiger partial charge in [-0.05, 0) is 23.7 Å². The highest BCUT2D eigenvalue weighted by Crippen LogP contribution is 2.26. The molecule has 2 nitrogen and oxygen atoms in total. The number of nitrogens with zero attached hydrogens (tertiary/aromatic N) is 1. The second-order valence-electron chi connectivity index (χ2n) is 2.78. The maximum Gasteiger partial charge on any atom is 0.126 e. The van der Waals surface area contributed by atoms with E-state index in [0.717, 1.165) is 17.6 Å². The first-order chi connectivity index (χ1) is 6.66. The van der Waals surface area contributed by atoms with Crippen molar-refractivity contribution in [3.05, 3.63) is 35.2 Å². The number of aromatic nitrogens is 1. The zero-order chi connectivity index (χ0) is 10.1. The van der Waals surface area contributed by atoms with Gasteiger partial charge in [-0.15, -0.1) is 0 Å². The number of anilines is 1. The number of hydrogen-bond acceptors (Lipinski definition) is 3. The van der Waals surface area contributed by atoms with Crippen LogP contribution in [0.3, 0.4) is 0 Å². The molecule has 0 spiro atoms. The summed E-state index contributed by atoms with van der Waals surface area (Å²) >= 11 is 1.15. The molecule has 0 aliphatic rings. The molecule has 0 unspecified atom stereocenters. The maximum absolute atomic E-state index is 12.8. The second-order valence-corrected chi connectivity index (χ2v) is 3.41. The summed E-state index contributed by atoms with van der Waals surface area (Å²) in [5, 5.41) is 1.62. The van der Waals surface area contributed by atoms with Crippen molar-refractivity contribution < 1.29 is 8.78 Å². The topological polar surface area (TPSA) is 38.9 Å². The van der Waals surface area contributed by atoms with E-state index in [0.29, 0.717) is 16.9 Å². The molecule has 2 N–H and O–H groups in total. The molecule has 2 aromatic rings. The first-order valence-electron chi connectivity index (χ1n) is 3.83. The number of hydrogen-bond donors (Lipinski definition) is 1. The van der Waals surface area contributed by atoms with Crippen LogP contribution >= 0.6 is 11.5 Å². The molecule has 0 aliphatic heterocycles. The van der Waals surface area contributed by atoms with Gasteiger partial charge in [-0.2, -0.15) is 4.37 Å². The Labute approximate surface area is 83.2 Å². The van der Waals surface area contributed by atoms with E-state index in [4.69, 9.17) is 5.73 Å². The van der Waals surface area contributed by atoms with Gasteiger partial charge in [0.2, 0.25) is 0 Å². The lowest BCUT2D eigenvalue weighted by Gasteiger charge is -1.99. The Morgan fingerprint density at radius 1 is 1.14 bits per heavy atom. The number of rotatable bonds is 1. The SMILES string of the molecule is Nc1csnc1-c1cc(F)cc(F)c1. The average Bonchev–Trinajstić information content (AvgIpc) is 2.49. The lowest BCUT2D eigenvalue weighted by molar-refractivity contribution is 0.584. The Morgan fingerprint density at radius 3 is 2.29 bits per heavy atom. The fraction of sp³-hybridized carbons (Fsp3) is 0. The van der Waals surface area contributed by atoms with Crippen LogP contribution in [0.2, 0.25) is 0 Å². The average molecular weight is 212 g/mol. The number of nitrogens with two attached hydrogens (primary N) is 1. The number of nitrogen functional groups attached to an aromatic ring is 1. The van der Waals surface area contributed by atoms with Crippen LogP contribution in [0.15, 0.2) is 23.6 Å². The largest absolute Gasteiger partial charge is 0.396 e. The molecule has 1 heterocycles. The van der Waals surface area contributed by atoms with E-state index in [9.17, 15) is 8.78 Å². The summed E-state index contributed by atoms with van der Waals surface area (Å²) in [4.78, 5) is 0. The first kappa shape index (κ1) is 9.08. The number of halogens is 2. The summed E-state index contributed by atoms with van der Waals surface area (Å²) in [6.07, 6.45) is 0. The molecule has 2 rings (SSSR count). The van der Waals surface area contributed by atoms with Crippen molar-refractivity contribution in [1.29, 1.82) is 0 Å². The molecule has 0 amide bonds. The molecular weight excluding hydrogens is 206 g/mol. The predicted octanol–water partition coefficient (Wildman–Crippen LogP) is 2.67. The zero-order valence-corrected chi connectivity index (χ0v) is 7.81. The van der Waals surface area contributed by atoms with E-state index in [-0.39, 0.29) is 0 Å². The highest BCUT2D eigenvalue weighted by atomic mass is 32.1. The van der Waals surface area contributed by atoms with Crippen LogP contribution in [0, 0.1) is 11.6 Å². The minimum atomic E-state index is -0.632. The number of benzene rings is 1. The van der Waals surface area contributed by atoms with E-state index in [1.54, 1.807) is 5.38 Å². The Kier molecular flexibility index (Phi) is 2.17. The molecule has 0 fully saturated rings. The Balaban J connectivity index is 2.57. The van der Waals surface area contributed by atoms with Crippen LogP contribution in [0.4, 0.5) is 14.5 Å². The summed E-state index contributed by atoms with van der Waals surface area (Å²) in [7, 11) is 0. The molecule has 0 saturated carbocycles. The predicted molar refractivity (Wildman–Crippen MR) is 51.9 cm³/mol. The Bertz CT molecular complexity index is 447. The Hall–Kier alpha value is -1.49. The van der Waals surface area contributed by atoms with Crippen molar-refractivity contribution in [3.63, 3.8) is 0 Å². The summed E-state index contributed by atoms with van der Waals surface area (Å²) in [6.45, 7) is 0. The van der Waals surface area contributed by atoms with Gasteiger partial charge in [-0.3, -0.25) is 0 Å². The van der Waals surface area contributed by atoms with Crippen molar-refractivity contribution in [2.45, 2.75) is 0 Å². The molecular formula is C9H6F2N2S. The van der Waals surface area contributed by atoms with Crippen molar-refractivity contribution in [2.75, 3.05) is 5.73 Å². The van der Waals surface area contributed by atoms with Crippen molar-refractivity contribution in [3.8, 4) is 11.3 Å².